The van der Waals surface area contributed by atoms with Crippen molar-refractivity contribution in [1.29, 1.82) is 0 Å². The molecule has 0 bridgehead atoms. The highest BCUT2D eigenvalue weighted by atomic mass is 32.2. The summed E-state index contributed by atoms with van der Waals surface area (Å²) in [5.41, 5.74) is 1.12. The number of aryl methyl sites for hydroxylation is 2. The first-order valence-corrected chi connectivity index (χ1v) is 9.38. The first-order valence-electron chi connectivity index (χ1n) is 6.20. The van der Waals surface area contributed by atoms with E-state index in [0.717, 1.165) is 20.2 Å². The molecule has 0 radical (unpaired) electrons. The van der Waals surface area contributed by atoms with Crippen molar-refractivity contribution < 1.29 is 8.42 Å². The van der Waals surface area contributed by atoms with E-state index < -0.39 is 10.0 Å². The highest BCUT2D eigenvalue weighted by Crippen LogP contribution is 2.26. The Balaban J connectivity index is 2.16. The average molecular weight is 331 g/mol. The normalized spacial score (nSPS) is 11.9. The third-order valence-electron chi connectivity index (χ3n) is 2.95. The lowest BCUT2D eigenvalue weighted by atomic mass is 10.3. The lowest BCUT2D eigenvalue weighted by Gasteiger charge is -2.05. The van der Waals surface area contributed by atoms with Crippen molar-refractivity contribution in [3.8, 4) is 0 Å². The van der Waals surface area contributed by atoms with E-state index in [9.17, 15) is 8.42 Å². The Labute approximate surface area is 127 Å². The zero-order valence-corrected chi connectivity index (χ0v) is 14.1. The molecule has 2 rings (SSSR count). The standard InChI is InChI=1S/C13H18N2O2S3/c1-9-4-5-18-12(9)8-15-20(16,17)13-6-11(7-14-3)19-10(13)2/h4-6,14-15H,7-8H2,1-3H3. The Morgan fingerprint density at radius 2 is 2.00 bits per heavy atom. The van der Waals surface area contributed by atoms with Crippen LogP contribution in [0, 0.1) is 13.8 Å². The van der Waals surface area contributed by atoms with Gasteiger partial charge in [-0.2, -0.15) is 0 Å². The molecule has 0 aliphatic rings. The first kappa shape index (κ1) is 15.7. The Morgan fingerprint density at radius 3 is 2.60 bits per heavy atom. The van der Waals surface area contributed by atoms with E-state index in [1.807, 2.05) is 32.3 Å². The fourth-order valence-corrected chi connectivity index (χ4v) is 5.45. The molecule has 4 nitrogen and oxygen atoms in total. The molecule has 0 amide bonds. The fourth-order valence-electron chi connectivity index (χ4n) is 1.88. The molecule has 0 spiro atoms. The summed E-state index contributed by atoms with van der Waals surface area (Å²) < 4.78 is 27.4. The predicted octanol–water partition coefficient (Wildman–Crippen LogP) is 2.62. The number of sulfonamides is 1. The minimum atomic E-state index is -3.44. The van der Waals surface area contributed by atoms with Crippen molar-refractivity contribution in [2.24, 2.45) is 0 Å². The van der Waals surface area contributed by atoms with Gasteiger partial charge in [0.05, 0.1) is 4.90 Å². The van der Waals surface area contributed by atoms with Gasteiger partial charge in [0.15, 0.2) is 0 Å². The van der Waals surface area contributed by atoms with Gasteiger partial charge in [-0.05, 0) is 44.0 Å². The summed E-state index contributed by atoms with van der Waals surface area (Å²) in [5, 5.41) is 5.01. The van der Waals surface area contributed by atoms with E-state index in [4.69, 9.17) is 0 Å². The van der Waals surface area contributed by atoms with Crippen LogP contribution in [-0.4, -0.2) is 15.5 Å². The Bertz CT molecular complexity index is 686. The first-order chi connectivity index (χ1) is 9.44. The second-order valence-corrected chi connectivity index (χ2v) is 8.59. The zero-order valence-electron chi connectivity index (χ0n) is 11.7. The predicted molar refractivity (Wildman–Crippen MR) is 84.9 cm³/mol. The van der Waals surface area contributed by atoms with Crippen LogP contribution in [0.15, 0.2) is 22.4 Å². The zero-order chi connectivity index (χ0) is 14.8. The Hall–Kier alpha value is -0.730. The minimum absolute atomic E-state index is 0.350. The van der Waals surface area contributed by atoms with Gasteiger partial charge in [0.2, 0.25) is 10.0 Å². The summed E-state index contributed by atoms with van der Waals surface area (Å²) in [7, 11) is -1.59. The van der Waals surface area contributed by atoms with Crippen LogP contribution in [0.5, 0.6) is 0 Å². The van der Waals surface area contributed by atoms with Crippen LogP contribution in [0.4, 0.5) is 0 Å². The van der Waals surface area contributed by atoms with Crippen molar-refractivity contribution in [3.63, 3.8) is 0 Å². The highest BCUT2D eigenvalue weighted by Gasteiger charge is 2.20. The van der Waals surface area contributed by atoms with Crippen LogP contribution >= 0.6 is 22.7 Å². The monoisotopic (exact) mass is 330 g/mol. The van der Waals surface area contributed by atoms with E-state index in [0.29, 0.717) is 18.0 Å². The molecule has 0 aliphatic carbocycles. The van der Waals surface area contributed by atoms with Gasteiger partial charge in [-0.3, -0.25) is 0 Å². The molecule has 0 fully saturated rings. The lowest BCUT2D eigenvalue weighted by molar-refractivity contribution is 0.581. The number of hydrogen-bond donors (Lipinski definition) is 2. The molecule has 0 saturated heterocycles. The molecule has 7 heteroatoms. The van der Waals surface area contributed by atoms with Gasteiger partial charge >= 0.3 is 0 Å². The largest absolute Gasteiger partial charge is 0.315 e. The maximum atomic E-state index is 12.4. The quantitative estimate of drug-likeness (QED) is 0.856. The van der Waals surface area contributed by atoms with Crippen molar-refractivity contribution in [1.82, 2.24) is 10.0 Å². The molecule has 0 aliphatic heterocycles. The lowest BCUT2D eigenvalue weighted by Crippen LogP contribution is -2.23. The summed E-state index contributed by atoms with van der Waals surface area (Å²) in [6.45, 7) is 4.86. The van der Waals surface area contributed by atoms with E-state index in [-0.39, 0.29) is 0 Å². The summed E-state index contributed by atoms with van der Waals surface area (Å²) in [4.78, 5) is 3.29. The van der Waals surface area contributed by atoms with Crippen LogP contribution in [0.2, 0.25) is 0 Å². The molecule has 0 aromatic carbocycles. The average Bonchev–Trinajstić information content (AvgIpc) is 2.94. The number of nitrogens with one attached hydrogen (secondary N) is 2. The second-order valence-electron chi connectivity index (χ2n) is 4.51. The molecule has 2 aromatic rings. The highest BCUT2D eigenvalue weighted by molar-refractivity contribution is 7.89. The minimum Gasteiger partial charge on any atom is -0.315 e. The number of thiophene rings is 2. The molecule has 0 unspecified atom stereocenters. The third-order valence-corrected chi connectivity index (χ3v) is 6.68. The van der Waals surface area contributed by atoms with Gasteiger partial charge in [-0.25, -0.2) is 13.1 Å². The molecule has 0 atom stereocenters. The number of hydrogen-bond acceptors (Lipinski definition) is 5. The van der Waals surface area contributed by atoms with Crippen LogP contribution < -0.4 is 10.0 Å². The Morgan fingerprint density at radius 1 is 1.25 bits per heavy atom. The molecule has 2 N–H and O–H groups in total. The van der Waals surface area contributed by atoms with Crippen molar-refractivity contribution in [3.05, 3.63) is 37.7 Å². The molecule has 110 valence electrons. The number of rotatable bonds is 6. The van der Waals surface area contributed by atoms with Gasteiger partial charge in [0.25, 0.3) is 0 Å². The van der Waals surface area contributed by atoms with Crippen LogP contribution in [-0.2, 0) is 23.1 Å². The van der Waals surface area contributed by atoms with Crippen molar-refractivity contribution in [2.45, 2.75) is 31.8 Å². The summed E-state index contributed by atoms with van der Waals surface area (Å²) in [6.07, 6.45) is 0. The van der Waals surface area contributed by atoms with Crippen LogP contribution in [0.1, 0.15) is 20.2 Å². The molecule has 20 heavy (non-hydrogen) atoms. The smallest absolute Gasteiger partial charge is 0.242 e. The van der Waals surface area contributed by atoms with Crippen molar-refractivity contribution >= 4 is 32.7 Å². The van der Waals surface area contributed by atoms with Gasteiger partial charge < -0.3 is 5.32 Å². The van der Waals surface area contributed by atoms with Crippen molar-refractivity contribution in [2.75, 3.05) is 7.05 Å². The SMILES string of the molecule is CNCc1cc(S(=O)(=O)NCc2sccc2C)c(C)s1. The topological polar surface area (TPSA) is 58.2 Å². The maximum absolute atomic E-state index is 12.4. The third kappa shape index (κ3) is 3.48. The molecule has 2 aromatic heterocycles. The summed E-state index contributed by atoms with van der Waals surface area (Å²) in [5.74, 6) is 0. The van der Waals surface area contributed by atoms with Crippen LogP contribution in [0.25, 0.3) is 0 Å². The van der Waals surface area contributed by atoms with Gasteiger partial charge in [0.1, 0.15) is 0 Å². The molecule has 2 heterocycles. The molecular weight excluding hydrogens is 312 g/mol. The van der Waals surface area contributed by atoms with Gasteiger partial charge in [-0.1, -0.05) is 0 Å². The van der Waals surface area contributed by atoms with E-state index >= 15 is 0 Å². The second kappa shape index (κ2) is 6.36. The summed E-state index contributed by atoms with van der Waals surface area (Å²) in [6, 6.07) is 3.75. The Kier molecular flexibility index (Phi) is 4.98. The van der Waals surface area contributed by atoms with E-state index in [2.05, 4.69) is 10.0 Å². The van der Waals surface area contributed by atoms with Gasteiger partial charge in [0, 0.05) is 27.7 Å². The molecular formula is C13H18N2O2S3. The van der Waals surface area contributed by atoms with Gasteiger partial charge in [-0.15, -0.1) is 22.7 Å². The summed E-state index contributed by atoms with van der Waals surface area (Å²) >= 11 is 3.08. The van der Waals surface area contributed by atoms with Crippen LogP contribution in [0.3, 0.4) is 0 Å². The molecule has 0 saturated carbocycles. The van der Waals surface area contributed by atoms with E-state index in [1.54, 1.807) is 17.4 Å². The maximum Gasteiger partial charge on any atom is 0.242 e. The fraction of sp³-hybridized carbons (Fsp3) is 0.385. The van der Waals surface area contributed by atoms with E-state index in [1.165, 1.54) is 11.3 Å².